The summed E-state index contributed by atoms with van der Waals surface area (Å²) < 4.78 is 1.85. The highest BCUT2D eigenvalue weighted by molar-refractivity contribution is 5.96. The average molecular weight is 321 g/mol. The van der Waals surface area contributed by atoms with Crippen LogP contribution >= 0.6 is 0 Å². The molecule has 3 aromatic rings. The second-order valence-electron chi connectivity index (χ2n) is 6.35. The standard InChI is InChI=1S/C18H19N5O/c1-22-12-21-16-9-14(10-20-17(16)22)18(24)23-7-5-13(11-23)8-15-4-2-3-6-19-15/h2-4,6,9-10,12-13H,5,7-8,11H2,1H3. The summed E-state index contributed by atoms with van der Waals surface area (Å²) in [4.78, 5) is 27.7. The van der Waals surface area contributed by atoms with Gasteiger partial charge in [-0.3, -0.25) is 9.78 Å². The number of aryl methyl sites for hydroxylation is 1. The first-order valence-corrected chi connectivity index (χ1v) is 8.17. The Morgan fingerprint density at radius 1 is 1.29 bits per heavy atom. The minimum Gasteiger partial charge on any atom is -0.338 e. The number of likely N-dealkylation sites (tertiary alicyclic amines) is 1. The summed E-state index contributed by atoms with van der Waals surface area (Å²) in [5.74, 6) is 0.508. The molecule has 1 atom stereocenters. The van der Waals surface area contributed by atoms with Crippen molar-refractivity contribution >= 4 is 17.1 Å². The van der Waals surface area contributed by atoms with Crippen molar-refractivity contribution in [1.29, 1.82) is 0 Å². The van der Waals surface area contributed by atoms with Crippen molar-refractivity contribution in [2.24, 2.45) is 13.0 Å². The molecule has 122 valence electrons. The van der Waals surface area contributed by atoms with E-state index in [0.29, 0.717) is 11.5 Å². The van der Waals surface area contributed by atoms with Crippen LogP contribution in [0, 0.1) is 5.92 Å². The Labute approximate surface area is 140 Å². The third kappa shape index (κ3) is 2.75. The van der Waals surface area contributed by atoms with E-state index in [4.69, 9.17) is 0 Å². The molecule has 6 heteroatoms. The lowest BCUT2D eigenvalue weighted by molar-refractivity contribution is 0.0787. The molecule has 3 aromatic heterocycles. The van der Waals surface area contributed by atoms with Crippen LogP contribution in [0.3, 0.4) is 0 Å². The van der Waals surface area contributed by atoms with Gasteiger partial charge in [-0.25, -0.2) is 9.97 Å². The molecule has 0 radical (unpaired) electrons. The number of nitrogens with zero attached hydrogens (tertiary/aromatic N) is 5. The van der Waals surface area contributed by atoms with Gasteiger partial charge in [-0.15, -0.1) is 0 Å². The van der Waals surface area contributed by atoms with Crippen molar-refractivity contribution in [3.8, 4) is 0 Å². The normalized spacial score (nSPS) is 17.5. The predicted octanol–water partition coefficient (Wildman–Crippen LogP) is 2.07. The summed E-state index contributed by atoms with van der Waals surface area (Å²) in [6.45, 7) is 1.56. The van der Waals surface area contributed by atoms with Gasteiger partial charge in [-0.05, 0) is 37.0 Å². The summed E-state index contributed by atoms with van der Waals surface area (Å²) in [6, 6.07) is 7.81. The number of rotatable bonds is 3. The fourth-order valence-corrected chi connectivity index (χ4v) is 3.31. The van der Waals surface area contributed by atoms with E-state index in [1.807, 2.05) is 47.0 Å². The second kappa shape index (κ2) is 6.03. The van der Waals surface area contributed by atoms with Crippen LogP contribution in [0.2, 0.25) is 0 Å². The number of imidazole rings is 1. The van der Waals surface area contributed by atoms with Gasteiger partial charge in [-0.2, -0.15) is 0 Å². The quantitative estimate of drug-likeness (QED) is 0.741. The van der Waals surface area contributed by atoms with E-state index < -0.39 is 0 Å². The van der Waals surface area contributed by atoms with E-state index >= 15 is 0 Å². The first-order chi connectivity index (χ1) is 11.7. The Bertz CT molecular complexity index is 874. The van der Waals surface area contributed by atoms with Crippen molar-refractivity contribution in [1.82, 2.24) is 24.4 Å². The van der Waals surface area contributed by atoms with Gasteiger partial charge in [0, 0.05) is 38.2 Å². The Kier molecular flexibility index (Phi) is 3.72. The molecule has 1 saturated heterocycles. The second-order valence-corrected chi connectivity index (χ2v) is 6.35. The highest BCUT2D eigenvalue weighted by Gasteiger charge is 2.27. The molecule has 1 unspecified atom stereocenters. The van der Waals surface area contributed by atoms with Gasteiger partial charge >= 0.3 is 0 Å². The highest BCUT2D eigenvalue weighted by Crippen LogP contribution is 2.22. The summed E-state index contributed by atoms with van der Waals surface area (Å²) in [6.07, 6.45) is 7.12. The van der Waals surface area contributed by atoms with Crippen molar-refractivity contribution < 1.29 is 4.79 Å². The summed E-state index contributed by atoms with van der Waals surface area (Å²) >= 11 is 0. The number of amides is 1. The predicted molar refractivity (Wildman–Crippen MR) is 90.5 cm³/mol. The maximum atomic E-state index is 12.7. The van der Waals surface area contributed by atoms with Gasteiger partial charge in [0.15, 0.2) is 5.65 Å². The summed E-state index contributed by atoms with van der Waals surface area (Å²) in [5, 5.41) is 0. The minimum atomic E-state index is 0.0403. The fraction of sp³-hybridized carbons (Fsp3) is 0.333. The summed E-state index contributed by atoms with van der Waals surface area (Å²) in [7, 11) is 1.90. The largest absolute Gasteiger partial charge is 0.338 e. The molecule has 0 aromatic carbocycles. The third-order valence-electron chi connectivity index (χ3n) is 4.60. The van der Waals surface area contributed by atoms with E-state index in [9.17, 15) is 4.79 Å². The van der Waals surface area contributed by atoms with Crippen molar-refractivity contribution in [2.45, 2.75) is 12.8 Å². The molecule has 4 heterocycles. The van der Waals surface area contributed by atoms with Crippen LogP contribution in [0.25, 0.3) is 11.2 Å². The van der Waals surface area contributed by atoms with Crippen LogP contribution in [0.4, 0.5) is 0 Å². The molecule has 0 bridgehead atoms. The number of fused-ring (bicyclic) bond motifs is 1. The molecule has 0 saturated carbocycles. The number of hydrogen-bond acceptors (Lipinski definition) is 4. The van der Waals surface area contributed by atoms with Crippen LogP contribution in [0.1, 0.15) is 22.5 Å². The van der Waals surface area contributed by atoms with E-state index in [-0.39, 0.29) is 5.91 Å². The number of pyridine rings is 2. The summed E-state index contributed by atoms with van der Waals surface area (Å²) in [5.41, 5.74) is 3.25. The van der Waals surface area contributed by atoms with Gasteiger partial charge < -0.3 is 9.47 Å². The lowest BCUT2D eigenvalue weighted by Crippen LogP contribution is -2.29. The Morgan fingerprint density at radius 3 is 3.04 bits per heavy atom. The molecule has 24 heavy (non-hydrogen) atoms. The zero-order valence-electron chi connectivity index (χ0n) is 13.6. The van der Waals surface area contributed by atoms with Gasteiger partial charge in [0.1, 0.15) is 5.52 Å². The van der Waals surface area contributed by atoms with Crippen LogP contribution in [0.15, 0.2) is 43.0 Å². The Morgan fingerprint density at radius 2 is 2.21 bits per heavy atom. The van der Waals surface area contributed by atoms with Gasteiger partial charge in [-0.1, -0.05) is 6.07 Å². The molecule has 0 aliphatic carbocycles. The molecule has 4 rings (SSSR count). The maximum absolute atomic E-state index is 12.7. The first kappa shape index (κ1) is 14.8. The maximum Gasteiger partial charge on any atom is 0.255 e. The fourth-order valence-electron chi connectivity index (χ4n) is 3.31. The van der Waals surface area contributed by atoms with Crippen LogP contribution < -0.4 is 0 Å². The lowest BCUT2D eigenvalue weighted by Gasteiger charge is -2.16. The van der Waals surface area contributed by atoms with Gasteiger partial charge in [0.2, 0.25) is 0 Å². The number of carbonyl (C=O) groups is 1. The number of aromatic nitrogens is 4. The molecule has 1 aliphatic rings. The van der Waals surface area contributed by atoms with Crippen molar-refractivity contribution in [3.05, 3.63) is 54.2 Å². The van der Waals surface area contributed by atoms with Crippen LogP contribution in [-0.4, -0.2) is 43.4 Å². The lowest BCUT2D eigenvalue weighted by atomic mass is 10.0. The highest BCUT2D eigenvalue weighted by atomic mass is 16.2. The third-order valence-corrected chi connectivity index (χ3v) is 4.60. The molecule has 1 aliphatic heterocycles. The average Bonchev–Trinajstić information content (AvgIpc) is 3.22. The topological polar surface area (TPSA) is 63.9 Å². The number of hydrogen-bond donors (Lipinski definition) is 0. The first-order valence-electron chi connectivity index (χ1n) is 8.17. The Balaban J connectivity index is 1.46. The van der Waals surface area contributed by atoms with Gasteiger partial charge in [0.05, 0.1) is 11.9 Å². The zero-order valence-corrected chi connectivity index (χ0v) is 13.6. The molecule has 1 fully saturated rings. The molecule has 1 amide bonds. The molecular formula is C18H19N5O. The van der Waals surface area contributed by atoms with Crippen molar-refractivity contribution in [2.75, 3.05) is 13.1 Å². The van der Waals surface area contributed by atoms with E-state index in [2.05, 4.69) is 15.0 Å². The van der Waals surface area contributed by atoms with E-state index in [1.165, 1.54) is 0 Å². The monoisotopic (exact) mass is 321 g/mol. The molecule has 0 spiro atoms. The zero-order chi connectivity index (χ0) is 16.5. The molecule has 6 nitrogen and oxygen atoms in total. The van der Waals surface area contributed by atoms with Crippen LogP contribution in [0.5, 0.6) is 0 Å². The molecule has 0 N–H and O–H groups in total. The van der Waals surface area contributed by atoms with Gasteiger partial charge in [0.25, 0.3) is 5.91 Å². The van der Waals surface area contributed by atoms with Crippen molar-refractivity contribution in [3.63, 3.8) is 0 Å². The van der Waals surface area contributed by atoms with E-state index in [0.717, 1.165) is 42.8 Å². The minimum absolute atomic E-state index is 0.0403. The molecular weight excluding hydrogens is 302 g/mol. The van der Waals surface area contributed by atoms with E-state index in [1.54, 1.807) is 12.5 Å². The number of carbonyl (C=O) groups excluding carboxylic acids is 1. The SMILES string of the molecule is Cn1cnc2cc(C(=O)N3CCC(Cc4ccccn4)C3)cnc21. The smallest absolute Gasteiger partial charge is 0.255 e. The van der Waals surface area contributed by atoms with Crippen LogP contribution in [-0.2, 0) is 13.5 Å². The Hall–Kier alpha value is -2.76.